The monoisotopic (exact) mass is 254 g/mol. The Morgan fingerprint density at radius 2 is 2.22 bits per heavy atom. The molecule has 2 N–H and O–H groups in total. The molecule has 6 nitrogen and oxygen atoms in total. The lowest BCUT2D eigenvalue weighted by atomic mass is 10.4. The highest BCUT2D eigenvalue weighted by atomic mass is 16.5. The van der Waals surface area contributed by atoms with E-state index >= 15 is 0 Å². The van der Waals surface area contributed by atoms with Crippen molar-refractivity contribution in [3.63, 3.8) is 0 Å². The van der Waals surface area contributed by atoms with Crippen molar-refractivity contribution < 1.29 is 9.15 Å². The Labute approximate surface area is 108 Å². The first-order chi connectivity index (χ1) is 8.56. The topological polar surface area (TPSA) is 71.7 Å². The molecule has 102 valence electrons. The molecular formula is C12H22N4O2. The lowest BCUT2D eigenvalue weighted by Gasteiger charge is -2.16. The number of methoxy groups -OCH3 is 1. The summed E-state index contributed by atoms with van der Waals surface area (Å²) in [4.78, 5) is 8.42. The van der Waals surface area contributed by atoms with Gasteiger partial charge in [-0.05, 0) is 20.8 Å². The van der Waals surface area contributed by atoms with Crippen LogP contribution in [0.5, 0.6) is 0 Å². The summed E-state index contributed by atoms with van der Waals surface area (Å²) < 4.78 is 10.5. The second kappa shape index (κ2) is 7.00. The van der Waals surface area contributed by atoms with Gasteiger partial charge in [-0.15, -0.1) is 0 Å². The van der Waals surface area contributed by atoms with E-state index in [9.17, 15) is 0 Å². The summed E-state index contributed by atoms with van der Waals surface area (Å²) >= 11 is 0. The Balaban J connectivity index is 2.45. The zero-order chi connectivity index (χ0) is 13.5. The number of ether oxygens (including phenoxy) is 1. The molecule has 0 fully saturated rings. The molecule has 0 aliphatic heterocycles. The number of rotatable bonds is 5. The minimum absolute atomic E-state index is 0.189. The van der Waals surface area contributed by atoms with Gasteiger partial charge in [0.25, 0.3) is 0 Å². The zero-order valence-electron chi connectivity index (χ0n) is 11.7. The smallest absolute Gasteiger partial charge is 0.214 e. The summed E-state index contributed by atoms with van der Waals surface area (Å²) in [5, 5.41) is 6.35. The number of hydrogen-bond donors (Lipinski definition) is 2. The van der Waals surface area contributed by atoms with Gasteiger partial charge >= 0.3 is 0 Å². The maximum atomic E-state index is 5.48. The molecule has 0 saturated carbocycles. The standard InChI is InChI=1S/C12H22N4O2/c1-8(7-17-5)15-12(13-4)14-6-11-16-9(2)10(3)18-11/h8H,6-7H2,1-5H3,(H2,13,14,15). The molecule has 0 radical (unpaired) electrons. The first kappa shape index (κ1) is 14.5. The number of hydrogen-bond acceptors (Lipinski definition) is 4. The molecule has 1 unspecified atom stereocenters. The number of aryl methyl sites for hydroxylation is 2. The Bertz CT molecular complexity index is 381. The van der Waals surface area contributed by atoms with Crippen molar-refractivity contribution in [3.8, 4) is 0 Å². The second-order valence-corrected chi connectivity index (χ2v) is 4.18. The van der Waals surface area contributed by atoms with E-state index in [0.29, 0.717) is 25.0 Å². The van der Waals surface area contributed by atoms with Crippen LogP contribution in [0.1, 0.15) is 24.3 Å². The van der Waals surface area contributed by atoms with Gasteiger partial charge in [-0.1, -0.05) is 0 Å². The van der Waals surface area contributed by atoms with Crippen LogP contribution < -0.4 is 10.6 Å². The van der Waals surface area contributed by atoms with Crippen molar-refractivity contribution in [2.24, 2.45) is 4.99 Å². The average molecular weight is 254 g/mol. The van der Waals surface area contributed by atoms with Crippen LogP contribution in [0.2, 0.25) is 0 Å². The molecule has 0 aromatic carbocycles. The highest BCUT2D eigenvalue weighted by Crippen LogP contribution is 2.07. The second-order valence-electron chi connectivity index (χ2n) is 4.18. The van der Waals surface area contributed by atoms with Gasteiger partial charge in [-0.3, -0.25) is 4.99 Å². The normalized spacial score (nSPS) is 13.5. The zero-order valence-corrected chi connectivity index (χ0v) is 11.7. The van der Waals surface area contributed by atoms with E-state index in [1.54, 1.807) is 14.2 Å². The third-order valence-electron chi connectivity index (χ3n) is 2.50. The fourth-order valence-corrected chi connectivity index (χ4v) is 1.49. The average Bonchev–Trinajstić information content (AvgIpc) is 2.64. The molecule has 1 atom stereocenters. The van der Waals surface area contributed by atoms with Crippen LogP contribution in [0.25, 0.3) is 0 Å². The first-order valence-corrected chi connectivity index (χ1v) is 5.95. The molecule has 1 aromatic rings. The Morgan fingerprint density at radius 1 is 1.50 bits per heavy atom. The Morgan fingerprint density at radius 3 is 2.72 bits per heavy atom. The molecule has 0 bridgehead atoms. The number of nitrogens with zero attached hydrogens (tertiary/aromatic N) is 2. The van der Waals surface area contributed by atoms with Crippen molar-refractivity contribution >= 4 is 5.96 Å². The van der Waals surface area contributed by atoms with Crippen LogP contribution in [0, 0.1) is 13.8 Å². The fourth-order valence-electron chi connectivity index (χ4n) is 1.49. The quantitative estimate of drug-likeness (QED) is 0.605. The number of nitrogens with one attached hydrogen (secondary N) is 2. The van der Waals surface area contributed by atoms with Gasteiger partial charge in [-0.25, -0.2) is 4.98 Å². The maximum absolute atomic E-state index is 5.48. The first-order valence-electron chi connectivity index (χ1n) is 5.95. The predicted molar refractivity (Wildman–Crippen MR) is 70.6 cm³/mol. The van der Waals surface area contributed by atoms with Crippen LogP contribution in [0.15, 0.2) is 9.41 Å². The fraction of sp³-hybridized carbons (Fsp3) is 0.667. The summed E-state index contributed by atoms with van der Waals surface area (Å²) in [6.45, 7) is 6.98. The van der Waals surface area contributed by atoms with Gasteiger partial charge in [0.2, 0.25) is 5.89 Å². The van der Waals surface area contributed by atoms with Crippen molar-refractivity contribution in [2.75, 3.05) is 20.8 Å². The SMILES string of the molecule is CN=C(NCc1nc(C)c(C)o1)NC(C)COC. The summed E-state index contributed by atoms with van der Waals surface area (Å²) in [7, 11) is 3.40. The molecule has 1 heterocycles. The Kier molecular flexibility index (Phi) is 5.64. The number of guanidine groups is 1. The summed E-state index contributed by atoms with van der Waals surface area (Å²) in [6.07, 6.45) is 0. The van der Waals surface area contributed by atoms with Crippen molar-refractivity contribution in [1.82, 2.24) is 15.6 Å². The lowest BCUT2D eigenvalue weighted by molar-refractivity contribution is 0.179. The largest absolute Gasteiger partial charge is 0.444 e. The molecule has 6 heteroatoms. The van der Waals surface area contributed by atoms with Crippen LogP contribution in [0.4, 0.5) is 0 Å². The van der Waals surface area contributed by atoms with Gasteiger partial charge in [-0.2, -0.15) is 0 Å². The van der Waals surface area contributed by atoms with E-state index in [4.69, 9.17) is 9.15 Å². The van der Waals surface area contributed by atoms with Gasteiger partial charge in [0.15, 0.2) is 5.96 Å². The van der Waals surface area contributed by atoms with E-state index in [-0.39, 0.29) is 6.04 Å². The van der Waals surface area contributed by atoms with Crippen molar-refractivity contribution in [2.45, 2.75) is 33.4 Å². The molecule has 1 rings (SSSR count). The van der Waals surface area contributed by atoms with Gasteiger partial charge in [0, 0.05) is 20.2 Å². The highest BCUT2D eigenvalue weighted by Gasteiger charge is 2.08. The van der Waals surface area contributed by atoms with Crippen LogP contribution in [0.3, 0.4) is 0 Å². The van der Waals surface area contributed by atoms with Gasteiger partial charge in [0.1, 0.15) is 5.76 Å². The molecule has 1 aromatic heterocycles. The molecular weight excluding hydrogens is 232 g/mol. The number of aromatic nitrogens is 1. The summed E-state index contributed by atoms with van der Waals surface area (Å²) in [5.41, 5.74) is 0.919. The van der Waals surface area contributed by atoms with E-state index in [1.165, 1.54) is 0 Å². The minimum atomic E-state index is 0.189. The van der Waals surface area contributed by atoms with E-state index in [0.717, 1.165) is 11.5 Å². The van der Waals surface area contributed by atoms with Crippen LogP contribution in [-0.4, -0.2) is 37.7 Å². The van der Waals surface area contributed by atoms with Crippen LogP contribution >= 0.6 is 0 Å². The minimum Gasteiger partial charge on any atom is -0.444 e. The van der Waals surface area contributed by atoms with E-state index in [2.05, 4.69) is 20.6 Å². The van der Waals surface area contributed by atoms with Crippen LogP contribution in [-0.2, 0) is 11.3 Å². The van der Waals surface area contributed by atoms with Gasteiger partial charge in [0.05, 0.1) is 18.8 Å². The maximum Gasteiger partial charge on any atom is 0.214 e. The van der Waals surface area contributed by atoms with E-state index < -0.39 is 0 Å². The Hall–Kier alpha value is -1.56. The lowest BCUT2D eigenvalue weighted by Crippen LogP contribution is -2.43. The third-order valence-corrected chi connectivity index (χ3v) is 2.50. The number of aliphatic imine (C=N–C) groups is 1. The van der Waals surface area contributed by atoms with Gasteiger partial charge < -0.3 is 19.8 Å². The molecule has 0 aliphatic rings. The molecule has 0 aliphatic carbocycles. The molecule has 0 amide bonds. The summed E-state index contributed by atoms with van der Waals surface area (Å²) in [6, 6.07) is 0.189. The van der Waals surface area contributed by atoms with Crippen molar-refractivity contribution in [3.05, 3.63) is 17.3 Å². The van der Waals surface area contributed by atoms with Crippen molar-refractivity contribution in [1.29, 1.82) is 0 Å². The third kappa shape index (κ3) is 4.37. The predicted octanol–water partition coefficient (Wildman–Crippen LogP) is 0.991. The van der Waals surface area contributed by atoms with E-state index in [1.807, 2.05) is 20.8 Å². The number of oxazole rings is 1. The highest BCUT2D eigenvalue weighted by molar-refractivity contribution is 5.79. The molecule has 0 spiro atoms. The molecule has 0 saturated heterocycles. The summed E-state index contributed by atoms with van der Waals surface area (Å²) in [5.74, 6) is 2.21. The molecule has 18 heavy (non-hydrogen) atoms.